The molecule has 18 heavy (non-hydrogen) atoms. The molecule has 0 spiro atoms. The molecule has 2 unspecified atom stereocenters. The molecule has 4 heteroatoms. The third-order valence-electron chi connectivity index (χ3n) is 3.03. The Bertz CT molecular complexity index is 411. The summed E-state index contributed by atoms with van der Waals surface area (Å²) < 4.78 is 5.53. The lowest BCUT2D eigenvalue weighted by molar-refractivity contribution is -0.117. The maximum atomic E-state index is 11.7. The summed E-state index contributed by atoms with van der Waals surface area (Å²) in [5.41, 5.74) is 0.963. The molecule has 96 valence electrons. The van der Waals surface area contributed by atoms with Gasteiger partial charge in [0.25, 0.3) is 0 Å². The molecule has 2 atom stereocenters. The van der Waals surface area contributed by atoms with Gasteiger partial charge in [-0.1, -0.05) is 0 Å². The summed E-state index contributed by atoms with van der Waals surface area (Å²) >= 11 is 0. The minimum absolute atomic E-state index is 0.0575. The van der Waals surface area contributed by atoms with Gasteiger partial charge in [-0.15, -0.1) is 0 Å². The van der Waals surface area contributed by atoms with Crippen LogP contribution in [0.2, 0.25) is 0 Å². The van der Waals surface area contributed by atoms with Crippen molar-refractivity contribution in [3.63, 3.8) is 0 Å². The highest BCUT2D eigenvalue weighted by Crippen LogP contribution is 2.15. The maximum absolute atomic E-state index is 11.7. The van der Waals surface area contributed by atoms with Gasteiger partial charge in [-0.2, -0.15) is 0 Å². The topological polar surface area (TPSA) is 51.2 Å². The summed E-state index contributed by atoms with van der Waals surface area (Å²) in [5.74, 6) is -0.0881. The van der Waals surface area contributed by atoms with E-state index in [2.05, 4.69) is 10.3 Å². The minimum Gasteiger partial charge on any atom is -0.376 e. The first-order chi connectivity index (χ1) is 8.75. The van der Waals surface area contributed by atoms with Crippen LogP contribution >= 0.6 is 0 Å². The SMILES string of the molecule is CC(NC(=O)/C=C/c1ccncc1)C1CCCO1. The number of ether oxygens (including phenoxy) is 1. The van der Waals surface area contributed by atoms with Gasteiger partial charge in [0.15, 0.2) is 0 Å². The Kier molecular flexibility index (Phi) is 4.47. The Morgan fingerprint density at radius 3 is 3.00 bits per heavy atom. The molecule has 0 aliphatic carbocycles. The third kappa shape index (κ3) is 3.67. The Hall–Kier alpha value is -1.68. The molecule has 1 aliphatic rings. The molecule has 2 heterocycles. The van der Waals surface area contributed by atoms with E-state index in [0.717, 1.165) is 25.0 Å². The molecule has 1 amide bonds. The largest absolute Gasteiger partial charge is 0.376 e. The number of amides is 1. The first-order valence-electron chi connectivity index (χ1n) is 6.26. The summed E-state index contributed by atoms with van der Waals surface area (Å²) in [6.07, 6.45) is 8.98. The maximum Gasteiger partial charge on any atom is 0.244 e. The van der Waals surface area contributed by atoms with E-state index in [1.54, 1.807) is 24.5 Å². The van der Waals surface area contributed by atoms with Crippen molar-refractivity contribution in [3.8, 4) is 0 Å². The number of hydrogen-bond acceptors (Lipinski definition) is 3. The van der Waals surface area contributed by atoms with Crippen LogP contribution in [0.25, 0.3) is 6.08 Å². The van der Waals surface area contributed by atoms with Crippen LogP contribution in [0.15, 0.2) is 30.6 Å². The lowest BCUT2D eigenvalue weighted by Crippen LogP contribution is -2.40. The highest BCUT2D eigenvalue weighted by atomic mass is 16.5. The number of aromatic nitrogens is 1. The number of carbonyl (C=O) groups excluding carboxylic acids is 1. The first-order valence-corrected chi connectivity index (χ1v) is 6.26. The zero-order chi connectivity index (χ0) is 12.8. The van der Waals surface area contributed by atoms with Gasteiger partial charge < -0.3 is 10.1 Å². The second-order valence-electron chi connectivity index (χ2n) is 4.46. The van der Waals surface area contributed by atoms with Crippen molar-refractivity contribution >= 4 is 12.0 Å². The molecule has 0 aromatic carbocycles. The van der Waals surface area contributed by atoms with Crippen LogP contribution in [0.5, 0.6) is 0 Å². The predicted octanol–water partition coefficient (Wildman–Crippen LogP) is 1.78. The van der Waals surface area contributed by atoms with E-state index in [4.69, 9.17) is 4.74 Å². The van der Waals surface area contributed by atoms with Crippen LogP contribution in [0, 0.1) is 0 Å². The van der Waals surface area contributed by atoms with Crippen molar-refractivity contribution in [2.24, 2.45) is 0 Å². The number of hydrogen-bond donors (Lipinski definition) is 1. The van der Waals surface area contributed by atoms with Gasteiger partial charge in [0.05, 0.1) is 12.1 Å². The standard InChI is InChI=1S/C14H18N2O2/c1-11(13-3-2-10-18-13)16-14(17)5-4-12-6-8-15-9-7-12/h4-9,11,13H,2-3,10H2,1H3,(H,16,17)/b5-4+. The summed E-state index contributed by atoms with van der Waals surface area (Å²) in [6, 6.07) is 3.77. The van der Waals surface area contributed by atoms with Crippen LogP contribution in [-0.2, 0) is 9.53 Å². The monoisotopic (exact) mass is 246 g/mol. The fourth-order valence-electron chi connectivity index (χ4n) is 2.01. The van der Waals surface area contributed by atoms with E-state index < -0.39 is 0 Å². The van der Waals surface area contributed by atoms with Gasteiger partial charge >= 0.3 is 0 Å². The molecule has 0 bridgehead atoms. The molecule has 2 rings (SSSR count). The molecular formula is C14H18N2O2. The highest BCUT2D eigenvalue weighted by Gasteiger charge is 2.22. The Labute approximate surface area is 107 Å². The number of carbonyl (C=O) groups is 1. The number of pyridine rings is 1. The van der Waals surface area contributed by atoms with Crippen molar-refractivity contribution in [1.29, 1.82) is 0 Å². The number of rotatable bonds is 4. The van der Waals surface area contributed by atoms with Gasteiger partial charge in [0.2, 0.25) is 5.91 Å². The van der Waals surface area contributed by atoms with E-state index in [1.807, 2.05) is 19.1 Å². The van der Waals surface area contributed by atoms with E-state index in [-0.39, 0.29) is 18.1 Å². The second-order valence-corrected chi connectivity index (χ2v) is 4.46. The smallest absolute Gasteiger partial charge is 0.244 e. The van der Waals surface area contributed by atoms with Crippen LogP contribution in [-0.4, -0.2) is 29.6 Å². The van der Waals surface area contributed by atoms with Crippen molar-refractivity contribution < 1.29 is 9.53 Å². The predicted molar refractivity (Wildman–Crippen MR) is 69.8 cm³/mol. The van der Waals surface area contributed by atoms with Gasteiger partial charge in [0, 0.05) is 25.1 Å². The Morgan fingerprint density at radius 1 is 1.56 bits per heavy atom. The molecule has 4 nitrogen and oxygen atoms in total. The van der Waals surface area contributed by atoms with Crippen molar-refractivity contribution in [2.45, 2.75) is 31.9 Å². The first kappa shape index (κ1) is 12.8. The average molecular weight is 246 g/mol. The molecule has 0 saturated carbocycles. The minimum atomic E-state index is -0.0881. The molecule has 1 aromatic rings. The van der Waals surface area contributed by atoms with Crippen molar-refractivity contribution in [1.82, 2.24) is 10.3 Å². The second kappa shape index (κ2) is 6.31. The zero-order valence-corrected chi connectivity index (χ0v) is 10.5. The van der Waals surface area contributed by atoms with E-state index >= 15 is 0 Å². The fourth-order valence-corrected chi connectivity index (χ4v) is 2.01. The van der Waals surface area contributed by atoms with E-state index in [9.17, 15) is 4.79 Å². The normalized spacial score (nSPS) is 21.1. The average Bonchev–Trinajstić information content (AvgIpc) is 2.91. The zero-order valence-electron chi connectivity index (χ0n) is 10.5. The van der Waals surface area contributed by atoms with Gasteiger partial charge in [0.1, 0.15) is 0 Å². The molecule has 1 aromatic heterocycles. The highest BCUT2D eigenvalue weighted by molar-refractivity contribution is 5.91. The summed E-state index contributed by atoms with van der Waals surface area (Å²) in [6.45, 7) is 2.78. The van der Waals surface area contributed by atoms with Crippen LogP contribution in [0.3, 0.4) is 0 Å². The molecule has 1 saturated heterocycles. The fraction of sp³-hybridized carbons (Fsp3) is 0.429. The van der Waals surface area contributed by atoms with Gasteiger partial charge in [-0.25, -0.2) is 0 Å². The van der Waals surface area contributed by atoms with Crippen molar-refractivity contribution in [2.75, 3.05) is 6.61 Å². The van der Waals surface area contributed by atoms with Gasteiger partial charge in [-0.05, 0) is 43.5 Å². The molecule has 0 radical (unpaired) electrons. The molecule has 1 N–H and O–H groups in total. The van der Waals surface area contributed by atoms with Crippen molar-refractivity contribution in [3.05, 3.63) is 36.2 Å². The lowest BCUT2D eigenvalue weighted by atomic mass is 10.1. The summed E-state index contributed by atoms with van der Waals surface area (Å²) in [7, 11) is 0. The third-order valence-corrected chi connectivity index (χ3v) is 3.03. The lowest BCUT2D eigenvalue weighted by Gasteiger charge is -2.18. The van der Waals surface area contributed by atoms with E-state index in [0.29, 0.717) is 0 Å². The summed E-state index contributed by atoms with van der Waals surface area (Å²) in [5, 5.41) is 2.93. The molecular weight excluding hydrogens is 228 g/mol. The number of nitrogens with one attached hydrogen (secondary N) is 1. The quantitative estimate of drug-likeness (QED) is 0.824. The van der Waals surface area contributed by atoms with Crippen LogP contribution < -0.4 is 5.32 Å². The molecule has 1 fully saturated rings. The van der Waals surface area contributed by atoms with Gasteiger partial charge in [-0.3, -0.25) is 9.78 Å². The summed E-state index contributed by atoms with van der Waals surface area (Å²) in [4.78, 5) is 15.6. The van der Waals surface area contributed by atoms with Crippen LogP contribution in [0.4, 0.5) is 0 Å². The molecule has 1 aliphatic heterocycles. The number of nitrogens with zero attached hydrogens (tertiary/aromatic N) is 1. The Balaban J connectivity index is 1.83. The van der Waals surface area contributed by atoms with Crippen LogP contribution in [0.1, 0.15) is 25.3 Å². The van der Waals surface area contributed by atoms with E-state index in [1.165, 1.54) is 0 Å². The Morgan fingerprint density at radius 2 is 2.33 bits per heavy atom.